The summed E-state index contributed by atoms with van der Waals surface area (Å²) < 4.78 is 2.37. The fourth-order valence-corrected chi connectivity index (χ4v) is 4.79. The van der Waals surface area contributed by atoms with Crippen molar-refractivity contribution in [2.45, 2.75) is 53.4 Å². The van der Waals surface area contributed by atoms with Crippen LogP contribution in [-0.2, 0) is 7.05 Å². The number of aromatic nitrogens is 1. The van der Waals surface area contributed by atoms with Crippen molar-refractivity contribution in [3.8, 4) is 0 Å². The Morgan fingerprint density at radius 2 is 2.00 bits per heavy atom. The van der Waals surface area contributed by atoms with Gasteiger partial charge in [0.2, 0.25) is 0 Å². The first-order valence-electron chi connectivity index (χ1n) is 10.5. The average Bonchev–Trinajstić information content (AvgIpc) is 2.80. The summed E-state index contributed by atoms with van der Waals surface area (Å²) in [6, 6.07) is 4.50. The van der Waals surface area contributed by atoms with Crippen LogP contribution < -0.4 is 0 Å². The Morgan fingerprint density at radius 1 is 1.29 bits per heavy atom. The quantitative estimate of drug-likeness (QED) is 0.468. The van der Waals surface area contributed by atoms with Crippen molar-refractivity contribution in [2.75, 3.05) is 0 Å². The Balaban J connectivity index is 2.18. The minimum atomic E-state index is 0.509. The molecule has 0 N–H and O–H groups in total. The first-order chi connectivity index (χ1) is 13.3. The summed E-state index contributed by atoms with van der Waals surface area (Å²) in [6.07, 6.45) is 11.5. The van der Waals surface area contributed by atoms with Crippen molar-refractivity contribution < 1.29 is 0 Å². The van der Waals surface area contributed by atoms with Crippen LogP contribution in [0.2, 0.25) is 0 Å². The summed E-state index contributed by atoms with van der Waals surface area (Å²) >= 11 is 0. The fraction of sp³-hybridized carbons (Fsp3) is 0.407. The van der Waals surface area contributed by atoms with E-state index in [1.54, 1.807) is 0 Å². The average molecular weight is 374 g/mol. The third-order valence-electron chi connectivity index (χ3n) is 6.43. The first kappa shape index (κ1) is 20.5. The van der Waals surface area contributed by atoms with Gasteiger partial charge in [-0.05, 0) is 85.8 Å². The lowest BCUT2D eigenvalue weighted by molar-refractivity contribution is 0.444. The van der Waals surface area contributed by atoms with E-state index >= 15 is 0 Å². The second-order valence-electron chi connectivity index (χ2n) is 8.80. The molecule has 0 fully saturated rings. The van der Waals surface area contributed by atoms with Crippen molar-refractivity contribution in [1.82, 2.24) is 4.57 Å². The molecule has 2 aromatic rings. The van der Waals surface area contributed by atoms with Crippen LogP contribution in [0.25, 0.3) is 28.6 Å². The van der Waals surface area contributed by atoms with Crippen LogP contribution in [0.5, 0.6) is 0 Å². The molecule has 1 aromatic carbocycles. The SMILES string of the molecule is C=C(C)c1c(/C=C\C)ccc2c1c1c(n2C)C=CC(CC(C)C(=C)C)CC1C. The number of hydrogen-bond acceptors (Lipinski definition) is 0. The summed E-state index contributed by atoms with van der Waals surface area (Å²) in [5.41, 5.74) is 9.15. The minimum Gasteiger partial charge on any atom is -0.344 e. The second kappa shape index (κ2) is 7.99. The number of fused-ring (bicyclic) bond motifs is 3. The molecular weight excluding hydrogens is 338 g/mol. The maximum absolute atomic E-state index is 4.33. The highest BCUT2D eigenvalue weighted by molar-refractivity contribution is 6.00. The van der Waals surface area contributed by atoms with Gasteiger partial charge in [0.05, 0.1) is 0 Å². The van der Waals surface area contributed by atoms with E-state index in [-0.39, 0.29) is 0 Å². The Bertz CT molecular complexity index is 980. The van der Waals surface area contributed by atoms with Crippen LogP contribution in [0.1, 0.15) is 75.8 Å². The molecule has 1 aliphatic rings. The molecule has 3 atom stereocenters. The molecule has 0 amide bonds. The molecule has 1 aliphatic carbocycles. The smallest absolute Gasteiger partial charge is 0.0492 e. The van der Waals surface area contributed by atoms with Crippen molar-refractivity contribution in [3.05, 3.63) is 65.4 Å². The standard InChI is InChI=1S/C27H35N/c1-9-10-22-12-14-24-27(25(22)18(4)5)26-20(7)16-21(15-19(6)17(2)3)11-13-23(26)28(24)8/h9-14,19-21H,2,4,15-16H2,1,3,5-8H3/b10-9-. The van der Waals surface area contributed by atoms with Gasteiger partial charge in [-0.25, -0.2) is 0 Å². The van der Waals surface area contributed by atoms with Gasteiger partial charge >= 0.3 is 0 Å². The summed E-state index contributed by atoms with van der Waals surface area (Å²) in [6.45, 7) is 19.6. The van der Waals surface area contributed by atoms with E-state index in [4.69, 9.17) is 0 Å². The molecule has 148 valence electrons. The van der Waals surface area contributed by atoms with Crippen LogP contribution in [0.15, 0.2) is 43.0 Å². The van der Waals surface area contributed by atoms with E-state index in [2.05, 4.69) is 95.8 Å². The summed E-state index contributed by atoms with van der Waals surface area (Å²) in [5, 5.41) is 1.39. The first-order valence-corrected chi connectivity index (χ1v) is 10.5. The molecular formula is C27H35N. The predicted molar refractivity (Wildman–Crippen MR) is 126 cm³/mol. The predicted octanol–water partition coefficient (Wildman–Crippen LogP) is 7.98. The van der Waals surface area contributed by atoms with Gasteiger partial charge in [-0.3, -0.25) is 0 Å². The van der Waals surface area contributed by atoms with Crippen LogP contribution in [0.3, 0.4) is 0 Å². The molecule has 1 heterocycles. The van der Waals surface area contributed by atoms with Gasteiger partial charge in [-0.1, -0.05) is 56.9 Å². The maximum atomic E-state index is 4.33. The zero-order valence-corrected chi connectivity index (χ0v) is 18.5. The van der Waals surface area contributed by atoms with Gasteiger partial charge in [0.1, 0.15) is 0 Å². The lowest BCUT2D eigenvalue weighted by Crippen LogP contribution is -2.08. The van der Waals surface area contributed by atoms with Crippen LogP contribution >= 0.6 is 0 Å². The topological polar surface area (TPSA) is 4.93 Å². The van der Waals surface area contributed by atoms with Gasteiger partial charge in [-0.15, -0.1) is 0 Å². The van der Waals surface area contributed by atoms with E-state index < -0.39 is 0 Å². The zero-order valence-electron chi connectivity index (χ0n) is 18.5. The number of hydrogen-bond donors (Lipinski definition) is 0. The lowest BCUT2D eigenvalue weighted by Gasteiger charge is -2.21. The van der Waals surface area contributed by atoms with E-state index in [1.807, 2.05) is 0 Å². The number of allylic oxidation sites excluding steroid dienone is 4. The van der Waals surface area contributed by atoms with Crippen LogP contribution in [0.4, 0.5) is 0 Å². The highest BCUT2D eigenvalue weighted by Crippen LogP contribution is 2.43. The van der Waals surface area contributed by atoms with E-state index in [9.17, 15) is 0 Å². The second-order valence-corrected chi connectivity index (χ2v) is 8.80. The fourth-order valence-electron chi connectivity index (χ4n) is 4.79. The molecule has 0 saturated heterocycles. The molecule has 0 saturated carbocycles. The van der Waals surface area contributed by atoms with Gasteiger partial charge in [-0.2, -0.15) is 0 Å². The molecule has 3 rings (SSSR count). The summed E-state index contributed by atoms with van der Waals surface area (Å²) in [7, 11) is 2.20. The van der Waals surface area contributed by atoms with Crippen molar-refractivity contribution in [3.63, 3.8) is 0 Å². The Morgan fingerprint density at radius 3 is 2.61 bits per heavy atom. The molecule has 1 heteroatoms. The molecule has 28 heavy (non-hydrogen) atoms. The number of aryl methyl sites for hydroxylation is 1. The lowest BCUT2D eigenvalue weighted by atomic mass is 9.83. The van der Waals surface area contributed by atoms with Crippen LogP contribution in [0, 0.1) is 11.8 Å². The minimum absolute atomic E-state index is 0.509. The van der Waals surface area contributed by atoms with E-state index in [1.165, 1.54) is 51.7 Å². The van der Waals surface area contributed by atoms with Gasteiger partial charge in [0, 0.05) is 23.6 Å². The van der Waals surface area contributed by atoms with Gasteiger partial charge in [0.15, 0.2) is 0 Å². The van der Waals surface area contributed by atoms with Crippen LogP contribution in [-0.4, -0.2) is 4.57 Å². The molecule has 0 radical (unpaired) electrons. The third-order valence-corrected chi connectivity index (χ3v) is 6.43. The van der Waals surface area contributed by atoms with Crippen molar-refractivity contribution in [2.24, 2.45) is 18.9 Å². The van der Waals surface area contributed by atoms with Gasteiger partial charge in [0.25, 0.3) is 0 Å². The van der Waals surface area contributed by atoms with E-state index in [0.717, 1.165) is 5.57 Å². The number of benzene rings is 1. The molecule has 0 aliphatic heterocycles. The highest BCUT2D eigenvalue weighted by atomic mass is 14.9. The van der Waals surface area contributed by atoms with Crippen molar-refractivity contribution >= 4 is 28.6 Å². The Hall–Kier alpha value is -2.28. The van der Waals surface area contributed by atoms with Crippen molar-refractivity contribution in [1.29, 1.82) is 0 Å². The summed E-state index contributed by atoms with van der Waals surface area (Å²) in [5.74, 6) is 1.67. The molecule has 0 spiro atoms. The molecule has 0 bridgehead atoms. The molecule has 1 nitrogen and oxygen atoms in total. The summed E-state index contributed by atoms with van der Waals surface area (Å²) in [4.78, 5) is 0. The normalized spacial score (nSPS) is 20.4. The zero-order chi connectivity index (χ0) is 20.6. The number of rotatable bonds is 5. The molecule has 3 unspecified atom stereocenters. The highest BCUT2D eigenvalue weighted by Gasteiger charge is 2.27. The monoisotopic (exact) mass is 373 g/mol. The maximum Gasteiger partial charge on any atom is 0.0492 e. The van der Waals surface area contributed by atoms with Gasteiger partial charge < -0.3 is 4.57 Å². The van der Waals surface area contributed by atoms with E-state index in [0.29, 0.717) is 17.8 Å². The largest absolute Gasteiger partial charge is 0.344 e. The molecule has 1 aromatic heterocycles. The Kier molecular flexibility index (Phi) is 5.84. The Labute approximate surface area is 171 Å². The third kappa shape index (κ3) is 3.55. The number of nitrogens with zero attached hydrogens (tertiary/aromatic N) is 1.